The molecule has 1 atom stereocenters. The minimum absolute atomic E-state index is 0.253. The first-order valence-corrected chi connectivity index (χ1v) is 6.16. The van der Waals surface area contributed by atoms with Crippen molar-refractivity contribution in [2.75, 3.05) is 19.3 Å². The Morgan fingerprint density at radius 3 is 2.57 bits per heavy atom. The molecule has 14 heavy (non-hydrogen) atoms. The van der Waals surface area contributed by atoms with Crippen molar-refractivity contribution in [3.05, 3.63) is 12.4 Å². The third-order valence-electron chi connectivity index (χ3n) is 2.19. The van der Waals surface area contributed by atoms with Gasteiger partial charge in [-0.3, -0.25) is 4.55 Å². The summed E-state index contributed by atoms with van der Waals surface area (Å²) in [5.41, 5.74) is 0. The third-order valence-corrected chi connectivity index (χ3v) is 2.91. The summed E-state index contributed by atoms with van der Waals surface area (Å²) in [6.45, 7) is 2.82. The van der Waals surface area contributed by atoms with Crippen LogP contribution in [-0.4, -0.2) is 48.3 Å². The number of rotatable bonds is 4. The summed E-state index contributed by atoms with van der Waals surface area (Å²) >= 11 is 0. The van der Waals surface area contributed by atoms with Gasteiger partial charge in [-0.25, -0.2) is 0 Å². The van der Waals surface area contributed by atoms with E-state index in [9.17, 15) is 8.42 Å². The first-order chi connectivity index (χ1) is 6.44. The maximum Gasteiger partial charge on any atom is 0.268 e. The SMILES string of the molecule is CCCN1C=CN(C)C1CS(=O)(=O)O. The largest absolute Gasteiger partial charge is 0.358 e. The Morgan fingerprint density at radius 1 is 1.43 bits per heavy atom. The predicted molar refractivity (Wildman–Crippen MR) is 54.1 cm³/mol. The highest BCUT2D eigenvalue weighted by Crippen LogP contribution is 2.15. The summed E-state index contributed by atoms with van der Waals surface area (Å²) in [6, 6.07) is 0. The lowest BCUT2D eigenvalue weighted by Gasteiger charge is -2.29. The van der Waals surface area contributed by atoms with Crippen molar-refractivity contribution in [1.82, 2.24) is 9.80 Å². The van der Waals surface area contributed by atoms with Gasteiger partial charge in [-0.1, -0.05) is 6.92 Å². The zero-order valence-electron chi connectivity index (χ0n) is 8.42. The molecular formula is C8H16N2O3S. The predicted octanol–water partition coefficient (Wildman–Crippen LogP) is 0.329. The lowest BCUT2D eigenvalue weighted by molar-refractivity contribution is 0.195. The summed E-state index contributed by atoms with van der Waals surface area (Å²) in [4.78, 5) is 3.69. The number of hydrogen-bond donors (Lipinski definition) is 1. The van der Waals surface area contributed by atoms with E-state index in [4.69, 9.17) is 4.55 Å². The van der Waals surface area contributed by atoms with Crippen LogP contribution in [0.2, 0.25) is 0 Å². The van der Waals surface area contributed by atoms with Gasteiger partial charge in [0, 0.05) is 26.0 Å². The zero-order valence-corrected chi connectivity index (χ0v) is 9.24. The molecule has 1 unspecified atom stereocenters. The van der Waals surface area contributed by atoms with E-state index in [0.29, 0.717) is 0 Å². The number of nitrogens with zero attached hydrogens (tertiary/aromatic N) is 2. The molecule has 0 aromatic carbocycles. The Bertz CT molecular complexity index is 313. The van der Waals surface area contributed by atoms with Crippen molar-refractivity contribution >= 4 is 10.1 Å². The van der Waals surface area contributed by atoms with Crippen LogP contribution >= 0.6 is 0 Å². The van der Waals surface area contributed by atoms with Crippen molar-refractivity contribution < 1.29 is 13.0 Å². The number of hydrogen-bond acceptors (Lipinski definition) is 4. The molecule has 1 rings (SSSR count). The van der Waals surface area contributed by atoms with Crippen LogP contribution in [0.1, 0.15) is 13.3 Å². The molecule has 1 aliphatic heterocycles. The van der Waals surface area contributed by atoms with Crippen molar-refractivity contribution in [1.29, 1.82) is 0 Å². The molecule has 0 amide bonds. The lowest BCUT2D eigenvalue weighted by Crippen LogP contribution is -2.42. The van der Waals surface area contributed by atoms with Crippen LogP contribution in [0.4, 0.5) is 0 Å². The first kappa shape index (κ1) is 11.3. The van der Waals surface area contributed by atoms with Crippen LogP contribution < -0.4 is 0 Å². The smallest absolute Gasteiger partial charge is 0.268 e. The molecule has 1 heterocycles. The van der Waals surface area contributed by atoms with Crippen LogP contribution in [0.25, 0.3) is 0 Å². The van der Waals surface area contributed by atoms with Crippen LogP contribution in [0, 0.1) is 0 Å². The minimum Gasteiger partial charge on any atom is -0.358 e. The average Bonchev–Trinajstić information content (AvgIpc) is 2.34. The Morgan fingerprint density at radius 2 is 2.07 bits per heavy atom. The van der Waals surface area contributed by atoms with Gasteiger partial charge in [0.15, 0.2) is 0 Å². The molecule has 0 aliphatic carbocycles. The lowest BCUT2D eigenvalue weighted by atomic mass is 10.4. The van der Waals surface area contributed by atoms with E-state index in [2.05, 4.69) is 0 Å². The fourth-order valence-corrected chi connectivity index (χ4v) is 2.31. The minimum atomic E-state index is -3.92. The van der Waals surface area contributed by atoms with Crippen molar-refractivity contribution in [3.63, 3.8) is 0 Å². The summed E-state index contributed by atoms with van der Waals surface area (Å²) < 4.78 is 30.3. The summed E-state index contributed by atoms with van der Waals surface area (Å²) in [6.07, 6.45) is 4.33. The van der Waals surface area contributed by atoms with E-state index in [1.807, 2.05) is 24.2 Å². The van der Waals surface area contributed by atoms with Crippen molar-refractivity contribution in [2.45, 2.75) is 19.5 Å². The second-order valence-electron chi connectivity index (χ2n) is 3.43. The monoisotopic (exact) mass is 220 g/mol. The van der Waals surface area contributed by atoms with Gasteiger partial charge in [-0.05, 0) is 6.42 Å². The van der Waals surface area contributed by atoms with Crippen LogP contribution in [-0.2, 0) is 10.1 Å². The molecule has 0 aromatic rings. The van der Waals surface area contributed by atoms with Gasteiger partial charge in [0.25, 0.3) is 10.1 Å². The fourth-order valence-electron chi connectivity index (χ4n) is 1.51. The van der Waals surface area contributed by atoms with Crippen LogP contribution in [0.3, 0.4) is 0 Å². The highest BCUT2D eigenvalue weighted by atomic mass is 32.2. The maximum atomic E-state index is 10.8. The third kappa shape index (κ3) is 2.88. The molecule has 0 radical (unpaired) electrons. The first-order valence-electron chi connectivity index (χ1n) is 4.55. The molecule has 5 nitrogen and oxygen atoms in total. The molecule has 1 aliphatic rings. The standard InChI is InChI=1S/C8H16N2O3S/c1-3-4-10-6-5-9(2)8(10)7-14(11,12)13/h5-6,8H,3-4,7H2,1-2H3,(H,11,12,13). The molecule has 0 saturated heterocycles. The van der Waals surface area contributed by atoms with E-state index < -0.39 is 10.1 Å². The molecule has 6 heteroatoms. The molecule has 0 aromatic heterocycles. The molecular weight excluding hydrogens is 204 g/mol. The van der Waals surface area contributed by atoms with Crippen molar-refractivity contribution in [2.24, 2.45) is 0 Å². The zero-order chi connectivity index (χ0) is 10.8. The molecule has 0 bridgehead atoms. The molecule has 0 spiro atoms. The van der Waals surface area contributed by atoms with Gasteiger partial charge >= 0.3 is 0 Å². The van der Waals surface area contributed by atoms with Gasteiger partial charge < -0.3 is 9.80 Å². The van der Waals surface area contributed by atoms with Gasteiger partial charge in [0.05, 0.1) is 0 Å². The van der Waals surface area contributed by atoms with Crippen LogP contribution in [0.15, 0.2) is 12.4 Å². The van der Waals surface area contributed by atoms with E-state index in [1.165, 1.54) is 0 Å². The molecule has 0 fully saturated rings. The molecule has 0 saturated carbocycles. The Kier molecular flexibility index (Phi) is 3.38. The van der Waals surface area contributed by atoms with E-state index in [1.54, 1.807) is 11.9 Å². The second kappa shape index (κ2) is 4.18. The maximum absolute atomic E-state index is 10.8. The van der Waals surface area contributed by atoms with E-state index >= 15 is 0 Å². The normalized spacial score (nSPS) is 22.1. The van der Waals surface area contributed by atoms with Gasteiger partial charge in [-0.15, -0.1) is 0 Å². The summed E-state index contributed by atoms with van der Waals surface area (Å²) in [5, 5.41) is 0. The topological polar surface area (TPSA) is 60.9 Å². The van der Waals surface area contributed by atoms with Gasteiger partial charge in [-0.2, -0.15) is 8.42 Å². The van der Waals surface area contributed by atoms with Gasteiger partial charge in [0.1, 0.15) is 11.9 Å². The molecule has 1 N–H and O–H groups in total. The fraction of sp³-hybridized carbons (Fsp3) is 0.750. The van der Waals surface area contributed by atoms with Gasteiger partial charge in [0.2, 0.25) is 0 Å². The Hall–Kier alpha value is -0.750. The summed E-state index contributed by atoms with van der Waals surface area (Å²) in [5.74, 6) is -0.253. The second-order valence-corrected chi connectivity index (χ2v) is 4.93. The van der Waals surface area contributed by atoms with E-state index in [0.717, 1.165) is 13.0 Å². The quantitative estimate of drug-likeness (QED) is 0.692. The van der Waals surface area contributed by atoms with Crippen LogP contribution in [0.5, 0.6) is 0 Å². The Labute approximate surface area is 84.7 Å². The highest BCUT2D eigenvalue weighted by Gasteiger charge is 2.27. The molecule has 82 valence electrons. The summed E-state index contributed by atoms with van der Waals surface area (Å²) in [7, 11) is -2.12. The van der Waals surface area contributed by atoms with Crippen molar-refractivity contribution in [3.8, 4) is 0 Å². The Balaban J connectivity index is 2.66. The van der Waals surface area contributed by atoms with E-state index in [-0.39, 0.29) is 11.9 Å². The average molecular weight is 220 g/mol. The highest BCUT2D eigenvalue weighted by molar-refractivity contribution is 7.85.